The van der Waals surface area contributed by atoms with Crippen LogP contribution in [0.1, 0.15) is 31.4 Å². The van der Waals surface area contributed by atoms with E-state index < -0.39 is 0 Å². The van der Waals surface area contributed by atoms with Gasteiger partial charge in [0.2, 0.25) is 0 Å². The van der Waals surface area contributed by atoms with Crippen molar-refractivity contribution in [2.45, 2.75) is 50.7 Å². The number of anilines is 1. The molecule has 0 spiro atoms. The van der Waals surface area contributed by atoms with Gasteiger partial charge in [-0.3, -0.25) is 4.98 Å². The Morgan fingerprint density at radius 1 is 1.17 bits per heavy atom. The van der Waals surface area contributed by atoms with Crippen LogP contribution >= 0.6 is 11.3 Å². The van der Waals surface area contributed by atoms with Gasteiger partial charge >= 0.3 is 0 Å². The number of nitrogens with one attached hydrogen (secondary N) is 1. The van der Waals surface area contributed by atoms with Crippen molar-refractivity contribution in [2.75, 3.05) is 11.9 Å². The van der Waals surface area contributed by atoms with Crippen LogP contribution < -0.4 is 10.2 Å². The predicted octanol–water partition coefficient (Wildman–Crippen LogP) is 4.17. The van der Waals surface area contributed by atoms with Gasteiger partial charge in [-0.2, -0.15) is 0 Å². The van der Waals surface area contributed by atoms with E-state index in [1.165, 1.54) is 31.7 Å². The average molecular weight is 423 g/mol. The van der Waals surface area contributed by atoms with Crippen molar-refractivity contribution in [3.05, 3.63) is 42.2 Å². The van der Waals surface area contributed by atoms with Crippen molar-refractivity contribution >= 4 is 32.3 Å². The highest BCUT2D eigenvalue weighted by molar-refractivity contribution is 7.22. The van der Waals surface area contributed by atoms with E-state index in [0.29, 0.717) is 23.8 Å². The van der Waals surface area contributed by atoms with E-state index in [9.17, 15) is 4.39 Å². The van der Waals surface area contributed by atoms with Gasteiger partial charge in [0.15, 0.2) is 16.6 Å². The maximum Gasteiger partial charge on any atom is 0.186 e. The number of imidazole rings is 1. The fraction of sp³-hybridized carbons (Fsp3) is 0.409. The van der Waals surface area contributed by atoms with Crippen LogP contribution in [0.3, 0.4) is 0 Å². The zero-order valence-corrected chi connectivity index (χ0v) is 17.8. The number of piperidine rings is 1. The van der Waals surface area contributed by atoms with Crippen LogP contribution in [0, 0.1) is 12.7 Å². The third kappa shape index (κ3) is 2.97. The number of thiazole rings is 1. The highest BCUT2D eigenvalue weighted by Gasteiger charge is 2.35. The smallest absolute Gasteiger partial charge is 0.186 e. The number of fused-ring (bicyclic) bond motifs is 4. The van der Waals surface area contributed by atoms with Gasteiger partial charge in [-0.15, -0.1) is 0 Å². The molecule has 8 heteroatoms. The molecule has 30 heavy (non-hydrogen) atoms. The van der Waals surface area contributed by atoms with Crippen LogP contribution in [-0.2, 0) is 0 Å². The van der Waals surface area contributed by atoms with Crippen molar-refractivity contribution in [1.82, 2.24) is 24.7 Å². The summed E-state index contributed by atoms with van der Waals surface area (Å²) in [6.45, 7) is 1.86. The molecule has 0 aliphatic carbocycles. The molecule has 0 amide bonds. The van der Waals surface area contributed by atoms with Crippen molar-refractivity contribution in [3.8, 4) is 11.3 Å². The Hall–Kier alpha value is -2.58. The number of rotatable bonds is 3. The Labute approximate surface area is 177 Å². The summed E-state index contributed by atoms with van der Waals surface area (Å²) in [5, 5.41) is 4.74. The molecule has 154 valence electrons. The standard InChI is InChI=1S/C22H23FN6S/c1-12-10-29-11-13(5-17(23)21(29)25-12)18-8-20-19(9-24-18)27-22(30-20)28(2)16-6-14-3-4-15(7-16)26-14/h5,8-11,14-16,26H,3-4,6-7H2,1-2H3. The van der Waals surface area contributed by atoms with E-state index in [0.717, 1.165) is 32.3 Å². The molecule has 2 aliphatic rings. The van der Waals surface area contributed by atoms with E-state index in [4.69, 9.17) is 4.98 Å². The number of aryl methyl sites for hydroxylation is 1. The Morgan fingerprint density at radius 3 is 2.77 bits per heavy atom. The molecule has 0 aromatic carbocycles. The van der Waals surface area contributed by atoms with Crippen molar-refractivity contribution < 1.29 is 4.39 Å². The fourth-order valence-corrected chi connectivity index (χ4v) is 5.95. The molecule has 6 rings (SSSR count). The molecule has 4 aromatic rings. The third-order valence-electron chi connectivity index (χ3n) is 6.48. The van der Waals surface area contributed by atoms with E-state index in [-0.39, 0.29) is 5.82 Å². The maximum absolute atomic E-state index is 14.5. The SMILES string of the molecule is Cc1cn2cc(-c3cc4sc(N(C)C5CC6CCC(C5)N6)nc4cn3)cc(F)c2n1. The molecule has 2 unspecified atom stereocenters. The summed E-state index contributed by atoms with van der Waals surface area (Å²) in [7, 11) is 2.16. The van der Waals surface area contributed by atoms with Crippen molar-refractivity contribution in [3.63, 3.8) is 0 Å². The Balaban J connectivity index is 1.33. The molecular weight excluding hydrogens is 399 g/mol. The lowest BCUT2D eigenvalue weighted by Crippen LogP contribution is -2.47. The molecule has 4 aromatic heterocycles. The highest BCUT2D eigenvalue weighted by atomic mass is 32.1. The van der Waals surface area contributed by atoms with Crippen LogP contribution in [0.5, 0.6) is 0 Å². The molecule has 0 radical (unpaired) electrons. The van der Waals surface area contributed by atoms with Gasteiger partial charge in [0, 0.05) is 43.1 Å². The summed E-state index contributed by atoms with van der Waals surface area (Å²) in [5.74, 6) is -0.340. The second-order valence-corrected chi connectivity index (χ2v) is 9.61. The zero-order valence-electron chi connectivity index (χ0n) is 17.0. The highest BCUT2D eigenvalue weighted by Crippen LogP contribution is 2.36. The van der Waals surface area contributed by atoms with Gasteiger partial charge in [0.25, 0.3) is 0 Å². The molecule has 1 N–H and O–H groups in total. The van der Waals surface area contributed by atoms with Gasteiger partial charge in [0.1, 0.15) is 5.52 Å². The molecule has 2 bridgehead atoms. The van der Waals surface area contributed by atoms with E-state index in [1.54, 1.807) is 21.9 Å². The first-order valence-corrected chi connectivity index (χ1v) is 11.3. The molecule has 2 fully saturated rings. The monoisotopic (exact) mass is 422 g/mol. The van der Waals surface area contributed by atoms with Gasteiger partial charge in [0.05, 0.1) is 22.3 Å². The van der Waals surface area contributed by atoms with Crippen LogP contribution in [0.4, 0.5) is 9.52 Å². The number of nitrogens with zero attached hydrogens (tertiary/aromatic N) is 5. The summed E-state index contributed by atoms with van der Waals surface area (Å²) in [5.41, 5.74) is 3.50. The molecule has 2 saturated heterocycles. The first-order valence-electron chi connectivity index (χ1n) is 10.4. The van der Waals surface area contributed by atoms with Crippen LogP contribution in [0.15, 0.2) is 30.7 Å². The quantitative estimate of drug-likeness (QED) is 0.537. The first-order chi connectivity index (χ1) is 14.5. The number of halogens is 1. The average Bonchev–Trinajstić information content (AvgIpc) is 3.42. The maximum atomic E-state index is 14.5. The lowest BCUT2D eigenvalue weighted by Gasteiger charge is -2.35. The first kappa shape index (κ1) is 18.2. The minimum absolute atomic E-state index is 0.340. The normalized spacial score (nSPS) is 23.5. The predicted molar refractivity (Wildman–Crippen MR) is 118 cm³/mol. The number of hydrogen-bond donors (Lipinski definition) is 1. The Bertz CT molecular complexity index is 1250. The van der Waals surface area contributed by atoms with Crippen LogP contribution in [0.2, 0.25) is 0 Å². The fourth-order valence-electron chi connectivity index (χ4n) is 4.95. The zero-order chi connectivity index (χ0) is 20.4. The van der Waals surface area contributed by atoms with E-state index >= 15 is 0 Å². The summed E-state index contributed by atoms with van der Waals surface area (Å²) in [6, 6.07) is 5.35. The number of pyridine rings is 2. The molecule has 6 heterocycles. The Kier molecular flexibility index (Phi) is 4.08. The minimum atomic E-state index is -0.340. The van der Waals surface area contributed by atoms with Gasteiger partial charge in [-0.25, -0.2) is 14.4 Å². The largest absolute Gasteiger partial charge is 0.348 e. The van der Waals surface area contributed by atoms with Crippen LogP contribution in [0.25, 0.3) is 27.1 Å². The molecule has 6 nitrogen and oxygen atoms in total. The lowest BCUT2D eigenvalue weighted by molar-refractivity contribution is 0.354. The summed E-state index contributed by atoms with van der Waals surface area (Å²) < 4.78 is 17.3. The summed E-state index contributed by atoms with van der Waals surface area (Å²) in [4.78, 5) is 16.0. The van der Waals surface area contributed by atoms with Gasteiger partial charge < -0.3 is 14.6 Å². The second-order valence-electron chi connectivity index (χ2n) is 8.60. The van der Waals surface area contributed by atoms with Crippen LogP contribution in [-0.4, -0.2) is 44.5 Å². The van der Waals surface area contributed by atoms with Gasteiger partial charge in [-0.05, 0) is 44.7 Å². The summed E-state index contributed by atoms with van der Waals surface area (Å²) in [6.07, 6.45) is 10.4. The number of hydrogen-bond acceptors (Lipinski definition) is 6. The van der Waals surface area contributed by atoms with Crippen molar-refractivity contribution in [1.29, 1.82) is 0 Å². The number of aromatic nitrogens is 4. The minimum Gasteiger partial charge on any atom is -0.348 e. The van der Waals surface area contributed by atoms with E-state index in [2.05, 4.69) is 27.2 Å². The molecular formula is C22H23FN6S. The Morgan fingerprint density at radius 2 is 1.97 bits per heavy atom. The molecule has 0 saturated carbocycles. The molecule has 2 atom stereocenters. The third-order valence-corrected chi connectivity index (χ3v) is 7.59. The summed E-state index contributed by atoms with van der Waals surface area (Å²) >= 11 is 1.68. The van der Waals surface area contributed by atoms with Gasteiger partial charge in [-0.1, -0.05) is 11.3 Å². The molecule has 2 aliphatic heterocycles. The van der Waals surface area contributed by atoms with E-state index in [1.807, 2.05) is 25.4 Å². The second kappa shape index (κ2) is 6.72. The topological polar surface area (TPSA) is 58.4 Å². The lowest BCUT2D eigenvalue weighted by atomic mass is 9.99. The van der Waals surface area contributed by atoms with Crippen molar-refractivity contribution in [2.24, 2.45) is 0 Å².